The number of hydrogen-bond donors (Lipinski definition) is 2. The van der Waals surface area contributed by atoms with E-state index in [0.29, 0.717) is 12.3 Å². The summed E-state index contributed by atoms with van der Waals surface area (Å²) in [5.41, 5.74) is 5.16. The Bertz CT molecular complexity index is 273. The summed E-state index contributed by atoms with van der Waals surface area (Å²) >= 11 is 0. The van der Waals surface area contributed by atoms with Crippen LogP contribution in [0.2, 0.25) is 0 Å². The van der Waals surface area contributed by atoms with Gasteiger partial charge in [0, 0.05) is 12.5 Å². The summed E-state index contributed by atoms with van der Waals surface area (Å²) in [6, 6.07) is 0.0200. The third-order valence-electron chi connectivity index (χ3n) is 3.13. The summed E-state index contributed by atoms with van der Waals surface area (Å²) in [4.78, 5) is 24.6. The first-order valence-corrected chi connectivity index (χ1v) is 6.29. The number of hydrogen-bond acceptors (Lipinski definition) is 3. The Morgan fingerprint density at radius 2 is 2.18 bits per heavy atom. The van der Waals surface area contributed by atoms with E-state index in [1.807, 2.05) is 13.8 Å². The molecule has 0 aromatic carbocycles. The van der Waals surface area contributed by atoms with Crippen molar-refractivity contribution in [1.82, 2.24) is 10.2 Å². The number of carbonyl (C=O) groups excluding carboxylic acids is 2. The fraction of sp³-hybridized carbons (Fsp3) is 0.833. The van der Waals surface area contributed by atoms with Gasteiger partial charge in [0.1, 0.15) is 0 Å². The van der Waals surface area contributed by atoms with Crippen molar-refractivity contribution in [3.8, 4) is 0 Å². The van der Waals surface area contributed by atoms with Gasteiger partial charge in [0.05, 0.1) is 6.54 Å². The number of primary amides is 1. The third kappa shape index (κ3) is 4.73. The van der Waals surface area contributed by atoms with Gasteiger partial charge in [0.2, 0.25) is 11.8 Å². The Hall–Kier alpha value is -1.10. The second-order valence-corrected chi connectivity index (χ2v) is 5.00. The van der Waals surface area contributed by atoms with E-state index in [4.69, 9.17) is 5.73 Å². The molecule has 0 spiro atoms. The Morgan fingerprint density at radius 1 is 1.47 bits per heavy atom. The number of rotatable bonds is 5. The van der Waals surface area contributed by atoms with E-state index >= 15 is 0 Å². The maximum atomic E-state index is 12.1. The first-order chi connectivity index (χ1) is 8.00. The molecule has 1 heterocycles. The highest BCUT2D eigenvalue weighted by Gasteiger charge is 2.23. The molecule has 0 aliphatic carbocycles. The summed E-state index contributed by atoms with van der Waals surface area (Å²) < 4.78 is 0. The number of carbonyl (C=O) groups is 2. The molecule has 1 aliphatic rings. The third-order valence-corrected chi connectivity index (χ3v) is 3.13. The summed E-state index contributed by atoms with van der Waals surface area (Å²) in [5, 5.41) is 3.29. The lowest BCUT2D eigenvalue weighted by Gasteiger charge is -2.29. The molecule has 1 saturated heterocycles. The van der Waals surface area contributed by atoms with Crippen molar-refractivity contribution in [3.05, 3.63) is 0 Å². The lowest BCUT2D eigenvalue weighted by Crippen LogP contribution is -2.44. The highest BCUT2D eigenvalue weighted by Crippen LogP contribution is 2.16. The average Bonchev–Trinajstić information content (AvgIpc) is 2.26. The molecule has 1 aliphatic heterocycles. The van der Waals surface area contributed by atoms with Crippen molar-refractivity contribution >= 4 is 11.8 Å². The van der Waals surface area contributed by atoms with Crippen LogP contribution in [-0.4, -0.2) is 42.4 Å². The van der Waals surface area contributed by atoms with Gasteiger partial charge in [0.25, 0.3) is 0 Å². The molecule has 0 radical (unpaired) electrons. The van der Waals surface area contributed by atoms with E-state index in [1.165, 1.54) is 0 Å². The molecule has 0 bridgehead atoms. The molecule has 1 atom stereocenters. The van der Waals surface area contributed by atoms with Gasteiger partial charge in [-0.2, -0.15) is 0 Å². The number of piperidine rings is 1. The summed E-state index contributed by atoms with van der Waals surface area (Å²) in [5.74, 6) is -0.0216. The van der Waals surface area contributed by atoms with Crippen LogP contribution in [0.1, 0.15) is 33.1 Å². The molecule has 1 fully saturated rings. The molecular formula is C12H23N3O2. The Balaban J connectivity index is 2.49. The van der Waals surface area contributed by atoms with Crippen LogP contribution < -0.4 is 11.1 Å². The molecule has 2 amide bonds. The fourth-order valence-electron chi connectivity index (χ4n) is 2.19. The van der Waals surface area contributed by atoms with Gasteiger partial charge >= 0.3 is 0 Å². The zero-order valence-corrected chi connectivity index (χ0v) is 10.7. The minimum Gasteiger partial charge on any atom is -0.368 e. The molecule has 1 rings (SSSR count). The lowest BCUT2D eigenvalue weighted by atomic mass is 9.95. The maximum Gasteiger partial charge on any atom is 0.237 e. The van der Waals surface area contributed by atoms with Crippen molar-refractivity contribution < 1.29 is 9.59 Å². The van der Waals surface area contributed by atoms with E-state index in [-0.39, 0.29) is 18.5 Å². The van der Waals surface area contributed by atoms with E-state index in [0.717, 1.165) is 25.9 Å². The van der Waals surface area contributed by atoms with Gasteiger partial charge < -0.3 is 16.0 Å². The monoisotopic (exact) mass is 241 g/mol. The zero-order chi connectivity index (χ0) is 12.8. The Labute approximate surface area is 103 Å². The van der Waals surface area contributed by atoms with Crippen molar-refractivity contribution in [1.29, 1.82) is 0 Å². The lowest BCUT2D eigenvalue weighted by molar-refractivity contribution is -0.137. The van der Waals surface area contributed by atoms with Crippen LogP contribution in [0.3, 0.4) is 0 Å². The van der Waals surface area contributed by atoms with Gasteiger partial charge in [-0.05, 0) is 45.7 Å². The topological polar surface area (TPSA) is 75.4 Å². The van der Waals surface area contributed by atoms with Crippen molar-refractivity contribution in [2.75, 3.05) is 19.6 Å². The number of nitrogens with one attached hydrogen (secondary N) is 1. The second-order valence-electron chi connectivity index (χ2n) is 5.00. The molecular weight excluding hydrogens is 218 g/mol. The van der Waals surface area contributed by atoms with Gasteiger partial charge in [-0.3, -0.25) is 9.59 Å². The molecule has 98 valence electrons. The largest absolute Gasteiger partial charge is 0.368 e. The maximum absolute atomic E-state index is 12.1. The normalized spacial score (nSPS) is 20.3. The Morgan fingerprint density at radius 3 is 2.65 bits per heavy atom. The predicted molar refractivity (Wildman–Crippen MR) is 66.3 cm³/mol. The minimum atomic E-state index is -0.450. The molecule has 0 saturated carbocycles. The van der Waals surface area contributed by atoms with Gasteiger partial charge in [-0.15, -0.1) is 0 Å². The predicted octanol–water partition coefficient (Wildman–Crippen LogP) is 0.0984. The Kier molecular flexibility index (Phi) is 5.41. The molecule has 3 N–H and O–H groups in total. The summed E-state index contributed by atoms with van der Waals surface area (Å²) in [6.07, 6.45) is 2.72. The molecule has 0 aromatic rings. The zero-order valence-electron chi connectivity index (χ0n) is 10.7. The first kappa shape index (κ1) is 14.0. The van der Waals surface area contributed by atoms with Gasteiger partial charge in [-0.1, -0.05) is 0 Å². The van der Waals surface area contributed by atoms with E-state index in [1.54, 1.807) is 4.90 Å². The number of nitrogens with zero attached hydrogens (tertiary/aromatic N) is 1. The fourth-order valence-corrected chi connectivity index (χ4v) is 2.19. The molecule has 0 aromatic heterocycles. The van der Waals surface area contributed by atoms with Crippen LogP contribution in [0.25, 0.3) is 0 Å². The van der Waals surface area contributed by atoms with Crippen LogP contribution in [-0.2, 0) is 9.59 Å². The van der Waals surface area contributed by atoms with Crippen molar-refractivity contribution in [3.63, 3.8) is 0 Å². The van der Waals surface area contributed by atoms with E-state index in [2.05, 4.69) is 5.32 Å². The SMILES string of the molecule is CC(C)N(CC(N)=O)C(=O)CC1CCCNC1. The van der Waals surface area contributed by atoms with E-state index in [9.17, 15) is 9.59 Å². The smallest absolute Gasteiger partial charge is 0.237 e. The van der Waals surface area contributed by atoms with Gasteiger partial charge in [-0.25, -0.2) is 0 Å². The standard InChI is InChI=1S/C12H23N3O2/c1-9(2)15(8-11(13)16)12(17)6-10-4-3-5-14-7-10/h9-10,14H,3-8H2,1-2H3,(H2,13,16). The van der Waals surface area contributed by atoms with Crippen LogP contribution >= 0.6 is 0 Å². The van der Waals surface area contributed by atoms with Crippen LogP contribution in [0.4, 0.5) is 0 Å². The quantitative estimate of drug-likeness (QED) is 0.716. The molecule has 1 unspecified atom stereocenters. The summed E-state index contributed by atoms with van der Waals surface area (Å²) in [7, 11) is 0. The molecule has 17 heavy (non-hydrogen) atoms. The highest BCUT2D eigenvalue weighted by atomic mass is 16.2. The van der Waals surface area contributed by atoms with Crippen LogP contribution in [0.15, 0.2) is 0 Å². The summed E-state index contributed by atoms with van der Waals surface area (Å²) in [6.45, 7) is 5.77. The highest BCUT2D eigenvalue weighted by molar-refractivity contribution is 5.84. The first-order valence-electron chi connectivity index (χ1n) is 6.29. The minimum absolute atomic E-state index is 0.0200. The van der Waals surface area contributed by atoms with Crippen LogP contribution in [0.5, 0.6) is 0 Å². The molecule has 5 heteroatoms. The van der Waals surface area contributed by atoms with Crippen LogP contribution in [0, 0.1) is 5.92 Å². The average molecular weight is 241 g/mol. The number of amides is 2. The second kappa shape index (κ2) is 6.59. The van der Waals surface area contributed by atoms with Crippen molar-refractivity contribution in [2.45, 2.75) is 39.2 Å². The molecule has 5 nitrogen and oxygen atoms in total. The van der Waals surface area contributed by atoms with E-state index < -0.39 is 5.91 Å². The van der Waals surface area contributed by atoms with Crippen molar-refractivity contribution in [2.24, 2.45) is 11.7 Å². The van der Waals surface area contributed by atoms with Gasteiger partial charge in [0.15, 0.2) is 0 Å². The number of nitrogens with two attached hydrogens (primary N) is 1.